The molecule has 1 aromatic rings. The van der Waals surface area contributed by atoms with E-state index in [1.54, 1.807) is 0 Å². The molecular weight excluding hydrogens is 322 g/mol. The second-order valence-electron chi connectivity index (χ2n) is 8.09. The molecule has 0 radical (unpaired) electrons. The summed E-state index contributed by atoms with van der Waals surface area (Å²) in [5.41, 5.74) is 14.8. The van der Waals surface area contributed by atoms with Crippen molar-refractivity contribution in [3.05, 3.63) is 41.5 Å². The predicted molar refractivity (Wildman–Crippen MR) is 107 cm³/mol. The van der Waals surface area contributed by atoms with Crippen molar-refractivity contribution in [2.75, 3.05) is 6.54 Å². The molecule has 1 heterocycles. The van der Waals surface area contributed by atoms with Gasteiger partial charge >= 0.3 is 0 Å². The third-order valence-corrected chi connectivity index (χ3v) is 6.29. The second-order valence-corrected chi connectivity index (χ2v) is 8.09. The summed E-state index contributed by atoms with van der Waals surface area (Å²) in [5.74, 6) is 0.700. The van der Waals surface area contributed by atoms with Gasteiger partial charge in [-0.15, -0.1) is 0 Å². The first-order chi connectivity index (χ1) is 12.6. The summed E-state index contributed by atoms with van der Waals surface area (Å²) in [6.07, 6.45) is 8.11. The molecule has 1 amide bonds. The maximum atomic E-state index is 12.1. The quantitative estimate of drug-likeness (QED) is 0.685. The Balaban J connectivity index is 1.93. The van der Waals surface area contributed by atoms with E-state index in [9.17, 15) is 4.79 Å². The Labute approximate surface area is 157 Å². The minimum absolute atomic E-state index is 0.308. The fourth-order valence-corrected chi connectivity index (χ4v) is 4.78. The molecular formula is C22H33N3O. The molecule has 0 bridgehead atoms. The Morgan fingerprint density at radius 3 is 2.42 bits per heavy atom. The largest absolute Gasteiger partial charge is 0.366 e. The Morgan fingerprint density at radius 1 is 1.15 bits per heavy atom. The Kier molecular flexibility index (Phi) is 6.49. The topological polar surface area (TPSA) is 81.1 Å². The van der Waals surface area contributed by atoms with Crippen molar-refractivity contribution in [2.24, 2.45) is 23.3 Å². The lowest BCUT2D eigenvalue weighted by molar-refractivity contribution is -0.114. The first kappa shape index (κ1) is 19.1. The van der Waals surface area contributed by atoms with Gasteiger partial charge in [0.05, 0.1) is 0 Å². The van der Waals surface area contributed by atoms with Crippen LogP contribution in [-0.2, 0) is 4.79 Å². The van der Waals surface area contributed by atoms with Crippen LogP contribution in [0.15, 0.2) is 35.9 Å². The fraction of sp³-hybridized carbons (Fsp3) is 0.591. The second kappa shape index (κ2) is 8.83. The Morgan fingerprint density at radius 2 is 1.85 bits per heavy atom. The molecule has 3 rings (SSSR count). The Hall–Kier alpha value is -1.65. The maximum Gasteiger partial charge on any atom is 0.244 e. The highest BCUT2D eigenvalue weighted by molar-refractivity contribution is 6.00. The predicted octanol–water partition coefficient (Wildman–Crippen LogP) is 3.22. The molecule has 1 aliphatic carbocycles. The van der Waals surface area contributed by atoms with E-state index in [4.69, 9.17) is 11.5 Å². The van der Waals surface area contributed by atoms with E-state index in [1.165, 1.54) is 25.7 Å². The van der Waals surface area contributed by atoms with Crippen LogP contribution in [0.5, 0.6) is 0 Å². The highest BCUT2D eigenvalue weighted by Gasteiger charge is 2.33. The van der Waals surface area contributed by atoms with Crippen LogP contribution in [0.2, 0.25) is 0 Å². The van der Waals surface area contributed by atoms with Crippen molar-refractivity contribution in [2.45, 2.75) is 64.0 Å². The summed E-state index contributed by atoms with van der Waals surface area (Å²) < 4.78 is 0. The summed E-state index contributed by atoms with van der Waals surface area (Å²) in [4.78, 5) is 12.1. The van der Waals surface area contributed by atoms with Crippen molar-refractivity contribution < 1.29 is 4.79 Å². The molecule has 0 spiro atoms. The van der Waals surface area contributed by atoms with Crippen molar-refractivity contribution in [3.8, 4) is 0 Å². The number of carbonyl (C=O) groups excluding carboxylic acids is 1. The normalized spacial score (nSPS) is 28.5. The van der Waals surface area contributed by atoms with Gasteiger partial charge in [0.2, 0.25) is 5.91 Å². The van der Waals surface area contributed by atoms with Crippen LogP contribution in [0, 0.1) is 11.8 Å². The van der Waals surface area contributed by atoms with Gasteiger partial charge in [0.25, 0.3) is 0 Å². The third kappa shape index (κ3) is 4.54. The van der Waals surface area contributed by atoms with E-state index in [2.05, 4.69) is 17.4 Å². The zero-order valence-corrected chi connectivity index (χ0v) is 15.9. The molecule has 5 N–H and O–H groups in total. The number of nitrogens with two attached hydrogens (primary N) is 2. The van der Waals surface area contributed by atoms with E-state index in [0.717, 1.165) is 36.9 Å². The van der Waals surface area contributed by atoms with Gasteiger partial charge in [0, 0.05) is 23.6 Å². The van der Waals surface area contributed by atoms with Gasteiger partial charge in [0.15, 0.2) is 0 Å². The average molecular weight is 356 g/mol. The standard InChI is InChI=1S/C22H33N3O/c1-15(22(24)26)21(17-6-3-2-4-7-17)19(20-8-5-13-25-20)14-16-9-11-18(23)12-10-16/h2-4,6-7,16,18-20,25H,5,8-14,23H2,1H3,(H2,24,26)/b21-15-. The molecule has 1 aromatic carbocycles. The maximum absolute atomic E-state index is 12.1. The van der Waals surface area contributed by atoms with Crippen LogP contribution in [0.4, 0.5) is 0 Å². The van der Waals surface area contributed by atoms with E-state index >= 15 is 0 Å². The number of nitrogens with one attached hydrogen (secondary N) is 1. The molecule has 1 aliphatic heterocycles. The fourth-order valence-electron chi connectivity index (χ4n) is 4.78. The lowest BCUT2D eigenvalue weighted by Crippen LogP contribution is -2.35. The summed E-state index contributed by atoms with van der Waals surface area (Å²) in [6, 6.07) is 11.1. The van der Waals surface area contributed by atoms with Crippen LogP contribution < -0.4 is 16.8 Å². The smallest absolute Gasteiger partial charge is 0.244 e. The molecule has 142 valence electrons. The van der Waals surface area contributed by atoms with Gasteiger partial charge < -0.3 is 16.8 Å². The van der Waals surface area contributed by atoms with E-state index in [1.807, 2.05) is 25.1 Å². The van der Waals surface area contributed by atoms with Gasteiger partial charge in [0.1, 0.15) is 0 Å². The average Bonchev–Trinajstić information content (AvgIpc) is 3.18. The van der Waals surface area contributed by atoms with Gasteiger partial charge in [-0.2, -0.15) is 0 Å². The summed E-state index contributed by atoms with van der Waals surface area (Å²) >= 11 is 0. The number of hydrogen-bond acceptors (Lipinski definition) is 3. The van der Waals surface area contributed by atoms with Crippen LogP contribution in [0.3, 0.4) is 0 Å². The number of rotatable bonds is 6. The molecule has 4 heteroatoms. The zero-order chi connectivity index (χ0) is 18.5. The molecule has 1 saturated carbocycles. The first-order valence-corrected chi connectivity index (χ1v) is 10.1. The zero-order valence-electron chi connectivity index (χ0n) is 15.9. The molecule has 26 heavy (non-hydrogen) atoms. The minimum Gasteiger partial charge on any atom is -0.366 e. The highest BCUT2D eigenvalue weighted by atomic mass is 16.1. The van der Waals surface area contributed by atoms with Crippen LogP contribution >= 0.6 is 0 Å². The number of benzene rings is 1. The SMILES string of the molecule is C/C(C(N)=O)=C(\c1ccccc1)C(CC1CCC(N)CC1)C1CCCN1. The van der Waals surface area contributed by atoms with E-state index < -0.39 is 0 Å². The van der Waals surface area contributed by atoms with Crippen LogP contribution in [0.25, 0.3) is 5.57 Å². The van der Waals surface area contributed by atoms with Gasteiger partial charge in [-0.05, 0) is 75.5 Å². The lowest BCUT2D eigenvalue weighted by Gasteiger charge is -2.34. The Bertz CT molecular complexity index is 626. The molecule has 2 atom stereocenters. The lowest BCUT2D eigenvalue weighted by atomic mass is 9.74. The molecule has 2 fully saturated rings. The molecule has 2 unspecified atom stereocenters. The van der Waals surface area contributed by atoms with Crippen molar-refractivity contribution >= 4 is 11.5 Å². The van der Waals surface area contributed by atoms with Gasteiger partial charge in [-0.25, -0.2) is 0 Å². The van der Waals surface area contributed by atoms with Gasteiger partial charge in [-0.3, -0.25) is 4.79 Å². The number of primary amides is 1. The summed E-state index contributed by atoms with van der Waals surface area (Å²) in [7, 11) is 0. The third-order valence-electron chi connectivity index (χ3n) is 6.29. The van der Waals surface area contributed by atoms with Crippen molar-refractivity contribution in [1.82, 2.24) is 5.32 Å². The van der Waals surface area contributed by atoms with E-state index in [-0.39, 0.29) is 5.91 Å². The van der Waals surface area contributed by atoms with E-state index in [0.29, 0.717) is 29.5 Å². The highest BCUT2D eigenvalue weighted by Crippen LogP contribution is 2.39. The number of amides is 1. The van der Waals surface area contributed by atoms with Crippen molar-refractivity contribution in [3.63, 3.8) is 0 Å². The summed E-state index contributed by atoms with van der Waals surface area (Å²) in [6.45, 7) is 2.96. The number of carbonyl (C=O) groups is 1. The molecule has 0 aromatic heterocycles. The monoisotopic (exact) mass is 355 g/mol. The molecule has 4 nitrogen and oxygen atoms in total. The van der Waals surface area contributed by atoms with Crippen LogP contribution in [0.1, 0.15) is 57.4 Å². The minimum atomic E-state index is -0.308. The molecule has 2 aliphatic rings. The molecule has 1 saturated heterocycles. The van der Waals surface area contributed by atoms with Crippen LogP contribution in [-0.4, -0.2) is 24.5 Å². The van der Waals surface area contributed by atoms with Gasteiger partial charge in [-0.1, -0.05) is 30.3 Å². The first-order valence-electron chi connectivity index (χ1n) is 10.1. The number of hydrogen-bond donors (Lipinski definition) is 3. The summed E-state index contributed by atoms with van der Waals surface area (Å²) in [5, 5.41) is 3.69. The van der Waals surface area contributed by atoms with Crippen molar-refractivity contribution in [1.29, 1.82) is 0 Å².